The number of hydrogen-bond acceptors (Lipinski definition) is 3. The van der Waals surface area contributed by atoms with Crippen molar-refractivity contribution in [1.82, 2.24) is 10.3 Å². The Hall–Kier alpha value is -2.88. The SMILES string of the molecule is COc1ccc2cc(C(=O)N[C@@H](C)CCc3ccccc3)c(C)nc2c1. The first-order chi connectivity index (χ1) is 12.6. The maximum Gasteiger partial charge on any atom is 0.253 e. The average molecular weight is 348 g/mol. The normalized spacial score (nSPS) is 12.0. The van der Waals surface area contributed by atoms with Gasteiger partial charge in [0.05, 0.1) is 23.9 Å². The van der Waals surface area contributed by atoms with Gasteiger partial charge < -0.3 is 10.1 Å². The van der Waals surface area contributed by atoms with Gasteiger partial charge in [-0.05, 0) is 50.5 Å². The number of ether oxygens (including phenoxy) is 1. The summed E-state index contributed by atoms with van der Waals surface area (Å²) in [6, 6.07) is 18.0. The number of aromatic nitrogens is 1. The third kappa shape index (κ3) is 4.20. The molecule has 0 fully saturated rings. The summed E-state index contributed by atoms with van der Waals surface area (Å²) < 4.78 is 5.24. The Morgan fingerprint density at radius 2 is 1.92 bits per heavy atom. The van der Waals surface area contributed by atoms with Crippen LogP contribution in [0.15, 0.2) is 54.6 Å². The van der Waals surface area contributed by atoms with Crippen molar-refractivity contribution >= 4 is 16.8 Å². The number of carbonyl (C=O) groups excluding carboxylic acids is 1. The van der Waals surface area contributed by atoms with Crippen LogP contribution in [-0.2, 0) is 6.42 Å². The Morgan fingerprint density at radius 3 is 2.65 bits per heavy atom. The van der Waals surface area contributed by atoms with E-state index in [1.165, 1.54) is 5.56 Å². The Balaban J connectivity index is 1.69. The Labute approximate surface area is 154 Å². The van der Waals surface area contributed by atoms with Crippen molar-refractivity contribution in [2.45, 2.75) is 32.7 Å². The van der Waals surface area contributed by atoms with Gasteiger partial charge in [-0.1, -0.05) is 30.3 Å². The van der Waals surface area contributed by atoms with Crippen LogP contribution in [0.3, 0.4) is 0 Å². The summed E-state index contributed by atoms with van der Waals surface area (Å²) in [5.74, 6) is 0.685. The van der Waals surface area contributed by atoms with Gasteiger partial charge in [0, 0.05) is 17.5 Å². The molecule has 0 bridgehead atoms. The molecule has 0 aliphatic rings. The van der Waals surface area contributed by atoms with E-state index in [2.05, 4.69) is 22.4 Å². The van der Waals surface area contributed by atoms with E-state index >= 15 is 0 Å². The summed E-state index contributed by atoms with van der Waals surface area (Å²) in [6.07, 6.45) is 1.84. The van der Waals surface area contributed by atoms with Gasteiger partial charge >= 0.3 is 0 Å². The van der Waals surface area contributed by atoms with Gasteiger partial charge in [0.25, 0.3) is 5.91 Å². The summed E-state index contributed by atoms with van der Waals surface area (Å²) in [5.41, 5.74) is 3.45. The van der Waals surface area contributed by atoms with Crippen LogP contribution in [0.4, 0.5) is 0 Å². The molecule has 1 aromatic heterocycles. The Kier molecular flexibility index (Phi) is 5.52. The third-order valence-electron chi connectivity index (χ3n) is 4.55. The van der Waals surface area contributed by atoms with E-state index in [9.17, 15) is 4.79 Å². The molecule has 26 heavy (non-hydrogen) atoms. The van der Waals surface area contributed by atoms with Crippen molar-refractivity contribution in [2.75, 3.05) is 7.11 Å². The molecule has 0 aliphatic carbocycles. The minimum atomic E-state index is -0.0757. The maximum atomic E-state index is 12.7. The molecular weight excluding hydrogens is 324 g/mol. The van der Waals surface area contributed by atoms with E-state index in [0.717, 1.165) is 35.2 Å². The van der Waals surface area contributed by atoms with E-state index in [1.54, 1.807) is 7.11 Å². The lowest BCUT2D eigenvalue weighted by Gasteiger charge is -2.15. The smallest absolute Gasteiger partial charge is 0.253 e. The van der Waals surface area contributed by atoms with E-state index in [1.807, 2.05) is 56.3 Å². The van der Waals surface area contributed by atoms with Crippen molar-refractivity contribution in [3.05, 3.63) is 71.4 Å². The predicted molar refractivity (Wildman–Crippen MR) is 105 cm³/mol. The molecule has 3 rings (SSSR count). The minimum absolute atomic E-state index is 0.0757. The summed E-state index contributed by atoms with van der Waals surface area (Å²) >= 11 is 0. The summed E-state index contributed by atoms with van der Waals surface area (Å²) in [6.45, 7) is 3.90. The molecule has 1 heterocycles. The standard InChI is InChI=1S/C22H24N2O2/c1-15(9-10-17-7-5-4-6-8-17)23-22(25)20-13-18-11-12-19(26-3)14-21(18)24-16(20)2/h4-8,11-15H,9-10H2,1-3H3,(H,23,25)/t15-/m0/s1. The highest BCUT2D eigenvalue weighted by atomic mass is 16.5. The zero-order valence-corrected chi connectivity index (χ0v) is 15.5. The van der Waals surface area contributed by atoms with Crippen LogP contribution in [0.1, 0.15) is 35.0 Å². The fourth-order valence-corrected chi connectivity index (χ4v) is 3.00. The molecule has 0 saturated heterocycles. The lowest BCUT2D eigenvalue weighted by atomic mass is 10.0. The molecule has 4 heteroatoms. The number of benzene rings is 2. The zero-order valence-electron chi connectivity index (χ0n) is 15.5. The zero-order chi connectivity index (χ0) is 18.5. The van der Waals surface area contributed by atoms with Crippen molar-refractivity contribution in [3.63, 3.8) is 0 Å². The van der Waals surface area contributed by atoms with Crippen molar-refractivity contribution < 1.29 is 9.53 Å². The highest BCUT2D eigenvalue weighted by Gasteiger charge is 2.14. The molecule has 3 aromatic rings. The molecule has 0 spiro atoms. The lowest BCUT2D eigenvalue weighted by Crippen LogP contribution is -2.33. The van der Waals surface area contributed by atoms with Crippen LogP contribution in [-0.4, -0.2) is 24.0 Å². The average Bonchev–Trinajstić information content (AvgIpc) is 2.66. The van der Waals surface area contributed by atoms with E-state index < -0.39 is 0 Å². The number of methoxy groups -OCH3 is 1. The van der Waals surface area contributed by atoms with Gasteiger partial charge in [-0.15, -0.1) is 0 Å². The van der Waals surface area contributed by atoms with Gasteiger partial charge in [0.15, 0.2) is 0 Å². The van der Waals surface area contributed by atoms with Gasteiger partial charge in [0.1, 0.15) is 5.75 Å². The molecule has 2 aromatic carbocycles. The number of rotatable bonds is 6. The second-order valence-corrected chi connectivity index (χ2v) is 6.58. The number of carbonyl (C=O) groups is 1. The largest absolute Gasteiger partial charge is 0.497 e. The van der Waals surface area contributed by atoms with Crippen LogP contribution in [0.5, 0.6) is 5.75 Å². The Morgan fingerprint density at radius 1 is 1.15 bits per heavy atom. The van der Waals surface area contributed by atoms with Crippen LogP contribution in [0.2, 0.25) is 0 Å². The maximum absolute atomic E-state index is 12.7. The monoisotopic (exact) mass is 348 g/mol. The number of amides is 1. The summed E-state index contributed by atoms with van der Waals surface area (Å²) in [7, 11) is 1.63. The first-order valence-corrected chi connectivity index (χ1v) is 8.87. The third-order valence-corrected chi connectivity index (χ3v) is 4.55. The molecule has 134 valence electrons. The van der Waals surface area contributed by atoms with Crippen LogP contribution in [0, 0.1) is 6.92 Å². The molecule has 0 unspecified atom stereocenters. The molecular formula is C22H24N2O2. The summed E-state index contributed by atoms with van der Waals surface area (Å²) in [5, 5.41) is 4.02. The number of hydrogen-bond donors (Lipinski definition) is 1. The quantitative estimate of drug-likeness (QED) is 0.722. The number of pyridine rings is 1. The molecule has 0 aliphatic heterocycles. The topological polar surface area (TPSA) is 51.2 Å². The van der Waals surface area contributed by atoms with E-state index in [4.69, 9.17) is 4.74 Å². The highest BCUT2D eigenvalue weighted by molar-refractivity contribution is 5.98. The van der Waals surface area contributed by atoms with Crippen molar-refractivity contribution in [1.29, 1.82) is 0 Å². The number of nitrogens with one attached hydrogen (secondary N) is 1. The number of aryl methyl sites for hydroxylation is 2. The molecule has 1 atom stereocenters. The lowest BCUT2D eigenvalue weighted by molar-refractivity contribution is 0.0937. The van der Waals surface area contributed by atoms with E-state index in [-0.39, 0.29) is 11.9 Å². The number of nitrogens with zero attached hydrogens (tertiary/aromatic N) is 1. The summed E-state index contributed by atoms with van der Waals surface area (Å²) in [4.78, 5) is 17.2. The molecule has 1 N–H and O–H groups in total. The van der Waals surface area contributed by atoms with Gasteiger partial charge in [0.2, 0.25) is 0 Å². The van der Waals surface area contributed by atoms with Gasteiger partial charge in [-0.3, -0.25) is 9.78 Å². The first-order valence-electron chi connectivity index (χ1n) is 8.87. The molecule has 0 saturated carbocycles. The Bertz CT molecular complexity index is 907. The second-order valence-electron chi connectivity index (χ2n) is 6.58. The first kappa shape index (κ1) is 17.9. The fourth-order valence-electron chi connectivity index (χ4n) is 3.00. The minimum Gasteiger partial charge on any atom is -0.497 e. The van der Waals surface area contributed by atoms with Crippen LogP contribution in [0.25, 0.3) is 10.9 Å². The van der Waals surface area contributed by atoms with Crippen molar-refractivity contribution in [2.24, 2.45) is 0 Å². The van der Waals surface area contributed by atoms with Crippen molar-refractivity contribution in [3.8, 4) is 5.75 Å². The molecule has 4 nitrogen and oxygen atoms in total. The van der Waals surface area contributed by atoms with Gasteiger partial charge in [-0.25, -0.2) is 0 Å². The van der Waals surface area contributed by atoms with E-state index in [0.29, 0.717) is 5.56 Å². The van der Waals surface area contributed by atoms with Gasteiger partial charge in [-0.2, -0.15) is 0 Å². The van der Waals surface area contributed by atoms with Crippen LogP contribution >= 0.6 is 0 Å². The second kappa shape index (κ2) is 8.00. The molecule has 1 amide bonds. The predicted octanol–water partition coefficient (Wildman–Crippen LogP) is 4.30. The molecule has 0 radical (unpaired) electrons. The van der Waals surface area contributed by atoms with Crippen LogP contribution < -0.4 is 10.1 Å². The number of fused-ring (bicyclic) bond motifs is 1. The fraction of sp³-hybridized carbons (Fsp3) is 0.273. The highest BCUT2D eigenvalue weighted by Crippen LogP contribution is 2.21.